The Balaban J connectivity index is 0. The first-order valence-electron chi connectivity index (χ1n) is 1.40. The molecule has 0 saturated carbocycles. The molecule has 1 atom stereocenters. The molecule has 0 N–H and O–H groups in total. The van der Waals surface area contributed by atoms with E-state index in [9.17, 15) is 0 Å². The van der Waals surface area contributed by atoms with Gasteiger partial charge in [-0.1, -0.05) is 5.79 Å². The van der Waals surface area contributed by atoms with Crippen molar-refractivity contribution in [2.24, 2.45) is 0 Å². The summed E-state index contributed by atoms with van der Waals surface area (Å²) in [4.78, 5) is 0. The molecule has 0 radical (unpaired) electrons. The summed E-state index contributed by atoms with van der Waals surface area (Å²) in [6, 6.07) is 0. The first kappa shape index (κ1) is 9.68. The summed E-state index contributed by atoms with van der Waals surface area (Å²) in [7, 11) is 0. The van der Waals surface area contributed by atoms with Gasteiger partial charge >= 0.3 is 32.2 Å². The molecule has 5 heavy (non-hydrogen) atoms. The maximum atomic E-state index is 4.82. The maximum absolute atomic E-state index is 4.82. The fraction of sp³-hybridized carbons (Fsp3) is 1.00. The van der Waals surface area contributed by atoms with Crippen molar-refractivity contribution >= 4 is 42.1 Å². The van der Waals surface area contributed by atoms with E-state index < -0.39 is 0 Å². The van der Waals surface area contributed by atoms with Crippen LogP contribution in [0.5, 0.6) is 0 Å². The average Bonchev–Trinajstić information content (AvgIpc) is 1.37. The van der Waals surface area contributed by atoms with Gasteiger partial charge in [0.05, 0.1) is 0 Å². The van der Waals surface area contributed by atoms with Gasteiger partial charge in [-0.25, -0.2) is 0 Å². The van der Waals surface area contributed by atoms with Crippen LogP contribution in [0.3, 0.4) is 0 Å². The lowest BCUT2D eigenvalue weighted by Gasteiger charge is -1.75. The Morgan fingerprint density at radius 2 is 2.00 bits per heavy atom. The van der Waals surface area contributed by atoms with Crippen LogP contribution in [-0.2, 0) is 2.84 Å². The molecule has 0 aromatic carbocycles. The van der Waals surface area contributed by atoms with Crippen LogP contribution in [0.15, 0.2) is 0 Å². The molecule has 0 aromatic heterocycles. The molecule has 0 aliphatic carbocycles. The number of hydrogen-bond acceptors (Lipinski definition) is 1. The Bertz CT molecular complexity index is 11.6. The van der Waals surface area contributed by atoms with E-state index in [1.54, 1.807) is 0 Å². The molecular weight excluding hydrogens is 113 g/mol. The van der Waals surface area contributed by atoms with Crippen LogP contribution in [-0.4, -0.2) is 32.2 Å². The van der Waals surface area contributed by atoms with E-state index in [0.717, 1.165) is 16.6 Å². The third-order valence-corrected chi connectivity index (χ3v) is 2.60. The van der Waals surface area contributed by atoms with Gasteiger partial charge in [-0.15, -0.1) is 0 Å². The molecule has 0 aliphatic rings. The van der Waals surface area contributed by atoms with E-state index in [1.807, 2.05) is 0 Å². The Morgan fingerprint density at radius 1 is 1.80 bits per heavy atom. The topological polar surface area (TPSA) is 9.23 Å². The zero-order valence-electron chi connectivity index (χ0n) is 3.82. The van der Waals surface area contributed by atoms with Crippen molar-refractivity contribution in [3.05, 3.63) is 0 Å². The van der Waals surface area contributed by atoms with Crippen molar-refractivity contribution in [2.45, 2.75) is 5.79 Å². The molecule has 1 nitrogen and oxygen atoms in total. The van der Waals surface area contributed by atoms with Gasteiger partial charge < -0.3 is 2.84 Å². The molecule has 0 aromatic rings. The lowest BCUT2D eigenvalue weighted by molar-refractivity contribution is 0.671. The van der Waals surface area contributed by atoms with Gasteiger partial charge in [0.2, 0.25) is 0 Å². The molecule has 0 rings (SSSR count). The predicted octanol–water partition coefficient (Wildman–Crippen LogP) is -0.991. The van der Waals surface area contributed by atoms with Crippen LogP contribution in [0.2, 0.25) is 5.79 Å². The Hall–Kier alpha value is 1.45. The second kappa shape index (κ2) is 9.07. The van der Waals surface area contributed by atoms with E-state index in [1.165, 1.54) is 0 Å². The van der Waals surface area contributed by atoms with E-state index in [4.69, 9.17) is 2.84 Å². The highest BCUT2D eigenvalue weighted by Gasteiger charge is 1.65. The van der Waals surface area contributed by atoms with E-state index in [-0.39, 0.29) is 25.5 Å². The summed E-state index contributed by atoms with van der Waals surface area (Å²) >= 11 is 0.938. The summed E-state index contributed by atoms with van der Waals surface area (Å²) in [5.74, 6) is 2.13. The normalized spacial score (nSPS) is 5.00. The van der Waals surface area contributed by atoms with E-state index in [0.29, 0.717) is 0 Å². The third-order valence-electron chi connectivity index (χ3n) is 0.289. The molecule has 0 fully saturated rings. The van der Waals surface area contributed by atoms with E-state index in [2.05, 4.69) is 5.79 Å². The molecule has 0 spiro atoms. The number of rotatable bonds is 1. The zero-order valence-corrected chi connectivity index (χ0v) is 8.65. The van der Waals surface area contributed by atoms with Crippen LogP contribution in [0.1, 0.15) is 0 Å². The highest BCUT2D eigenvalue weighted by Crippen LogP contribution is 1.45. The quantitative estimate of drug-likeness (QED) is 0.320. The monoisotopic (exact) mass is 122 g/mol. The fourth-order valence-corrected chi connectivity index (χ4v) is 0. The Morgan fingerprint density at radius 3 is 2.00 bits per heavy atom. The molecular formula is CH9Al2OP. The van der Waals surface area contributed by atoms with Crippen molar-refractivity contribution in [3.8, 4) is 0 Å². The second-order valence-electron chi connectivity index (χ2n) is 0.577. The van der Waals surface area contributed by atoms with Crippen molar-refractivity contribution in [2.75, 3.05) is 0 Å². The van der Waals surface area contributed by atoms with Gasteiger partial charge in [0, 0.05) is 0 Å². The van der Waals surface area contributed by atoms with Gasteiger partial charge in [0.25, 0.3) is 0 Å². The van der Waals surface area contributed by atoms with Crippen LogP contribution >= 0.6 is 9.90 Å². The van der Waals surface area contributed by atoms with Crippen molar-refractivity contribution < 1.29 is 2.84 Å². The van der Waals surface area contributed by atoms with Gasteiger partial charge in [-0.2, -0.15) is 9.90 Å². The van der Waals surface area contributed by atoms with Gasteiger partial charge in [-0.3, -0.25) is 0 Å². The molecule has 1 unspecified atom stereocenters. The van der Waals surface area contributed by atoms with Crippen LogP contribution in [0.4, 0.5) is 0 Å². The summed E-state index contributed by atoms with van der Waals surface area (Å²) in [6.07, 6.45) is 0. The molecule has 30 valence electrons. The molecule has 0 saturated heterocycles. The summed E-state index contributed by atoms with van der Waals surface area (Å²) < 4.78 is 4.82. The highest BCUT2D eigenvalue weighted by atomic mass is 31.0. The Kier molecular flexibility index (Phi) is 17.6. The minimum Gasteiger partial charge on any atom is -0.645 e. The minimum atomic E-state index is -0.0139. The summed E-state index contributed by atoms with van der Waals surface area (Å²) in [6.45, 7) is 0. The van der Waals surface area contributed by atoms with E-state index >= 15 is 0 Å². The lowest BCUT2D eigenvalue weighted by Crippen LogP contribution is -1.82. The second-order valence-corrected chi connectivity index (χ2v) is 3.46. The molecule has 0 amide bonds. The van der Waals surface area contributed by atoms with Gasteiger partial charge in [0.15, 0.2) is 0 Å². The maximum Gasteiger partial charge on any atom is 0.401 e. The van der Waals surface area contributed by atoms with Crippen molar-refractivity contribution in [1.82, 2.24) is 0 Å². The van der Waals surface area contributed by atoms with Crippen LogP contribution in [0.25, 0.3) is 0 Å². The minimum absolute atomic E-state index is 0. The van der Waals surface area contributed by atoms with Gasteiger partial charge in [0.1, 0.15) is 0 Å². The molecule has 0 heterocycles. The number of hydrogen-bond donors (Lipinski definition) is 0. The van der Waals surface area contributed by atoms with Crippen molar-refractivity contribution in [1.29, 1.82) is 0 Å². The summed E-state index contributed by atoms with van der Waals surface area (Å²) in [5, 5.41) is 0. The fourth-order valence-electron chi connectivity index (χ4n) is 0. The highest BCUT2D eigenvalue weighted by molar-refractivity contribution is 6.92. The SMILES string of the molecule is P.[CH3][AlH][O][AlH2]. The largest absolute Gasteiger partial charge is 0.645 e. The first-order chi connectivity index (χ1) is 1.91. The first-order valence-corrected chi connectivity index (χ1v) is 4.21. The average molecular weight is 122 g/mol. The summed E-state index contributed by atoms with van der Waals surface area (Å²) in [5.41, 5.74) is 0. The van der Waals surface area contributed by atoms with Crippen LogP contribution < -0.4 is 0 Å². The lowest BCUT2D eigenvalue weighted by atomic mass is 11.9. The molecule has 0 aliphatic heterocycles. The smallest absolute Gasteiger partial charge is 0.401 e. The van der Waals surface area contributed by atoms with Gasteiger partial charge in [-0.05, 0) is 0 Å². The molecule has 0 bridgehead atoms. The predicted molar refractivity (Wildman–Crippen MR) is 33.7 cm³/mol. The molecule has 4 heteroatoms. The standard InChI is InChI=1S/CH3.2Al.O.H3P.3H/h1H3;;;;1H3;;;. The third kappa shape index (κ3) is 10.8. The zero-order chi connectivity index (χ0) is 3.41. The van der Waals surface area contributed by atoms with Crippen LogP contribution in [0, 0.1) is 0 Å². The van der Waals surface area contributed by atoms with Crippen molar-refractivity contribution in [3.63, 3.8) is 0 Å². The Labute approximate surface area is 50.9 Å².